The lowest BCUT2D eigenvalue weighted by molar-refractivity contribution is 0.142. The van der Waals surface area contributed by atoms with E-state index in [4.69, 9.17) is 11.6 Å². The lowest BCUT2D eigenvalue weighted by atomic mass is 9.83. The van der Waals surface area contributed by atoms with Crippen molar-refractivity contribution in [3.05, 3.63) is 41.2 Å². The normalized spacial score (nSPS) is 15.1. The molecule has 3 aromatic rings. The molecule has 1 amide bonds. The summed E-state index contributed by atoms with van der Waals surface area (Å²) < 4.78 is 2.09. The topological polar surface area (TPSA) is 74.5 Å². The highest BCUT2D eigenvalue weighted by molar-refractivity contribution is 6.29. The van der Waals surface area contributed by atoms with E-state index in [2.05, 4.69) is 52.3 Å². The zero-order chi connectivity index (χ0) is 21.6. The largest absolute Gasteiger partial charge is 0.465 e. The van der Waals surface area contributed by atoms with Gasteiger partial charge in [-0.1, -0.05) is 51.1 Å². The first-order valence-corrected chi connectivity index (χ1v) is 10.4. The van der Waals surface area contributed by atoms with Gasteiger partial charge in [0.15, 0.2) is 0 Å². The molecule has 0 aliphatic carbocycles. The number of piperazine rings is 1. The van der Waals surface area contributed by atoms with Crippen molar-refractivity contribution in [3.8, 4) is 11.3 Å². The summed E-state index contributed by atoms with van der Waals surface area (Å²) >= 11 is 6.35. The minimum Gasteiger partial charge on any atom is -0.465 e. The Kier molecular flexibility index (Phi) is 5.10. The van der Waals surface area contributed by atoms with E-state index in [1.165, 1.54) is 10.5 Å². The third-order valence-electron chi connectivity index (χ3n) is 5.63. The summed E-state index contributed by atoms with van der Waals surface area (Å²) in [6.07, 6.45) is -0.887. The van der Waals surface area contributed by atoms with Crippen LogP contribution in [0.5, 0.6) is 0 Å². The number of rotatable bonds is 2. The number of carboxylic acid groups (broad SMARTS) is 1. The number of fused-ring (bicyclic) bond motifs is 1. The van der Waals surface area contributed by atoms with Crippen LogP contribution in [0.4, 0.5) is 10.6 Å². The molecule has 1 N–H and O–H groups in total. The first-order chi connectivity index (χ1) is 14.2. The molecule has 1 aliphatic heterocycles. The highest BCUT2D eigenvalue weighted by Crippen LogP contribution is 2.43. The standard InChI is InChI=1S/C22H26ClN5O2/c1-22(2,3)16-15-18(26(4)17(16)14-8-6-5-7-9-14)24-20(23)25-19(15)27-10-12-28(13-11-27)21(29)30/h5-9H,10-13H2,1-4H3,(H,29,30). The molecule has 4 rings (SSSR count). The van der Waals surface area contributed by atoms with Crippen LogP contribution in [0.2, 0.25) is 5.28 Å². The third-order valence-corrected chi connectivity index (χ3v) is 5.80. The number of benzene rings is 1. The number of hydrogen-bond acceptors (Lipinski definition) is 4. The molecule has 1 aliphatic rings. The average molecular weight is 428 g/mol. The van der Waals surface area contributed by atoms with Gasteiger partial charge in [0.05, 0.1) is 11.1 Å². The van der Waals surface area contributed by atoms with Crippen molar-refractivity contribution in [1.29, 1.82) is 0 Å². The minimum atomic E-state index is -0.887. The van der Waals surface area contributed by atoms with E-state index in [-0.39, 0.29) is 10.7 Å². The van der Waals surface area contributed by atoms with Crippen molar-refractivity contribution in [2.75, 3.05) is 31.1 Å². The molecular weight excluding hydrogens is 402 g/mol. The molecule has 0 unspecified atom stereocenters. The van der Waals surface area contributed by atoms with Crippen LogP contribution in [-0.4, -0.2) is 56.8 Å². The van der Waals surface area contributed by atoms with Gasteiger partial charge in [0.25, 0.3) is 0 Å². The molecular formula is C22H26ClN5O2. The van der Waals surface area contributed by atoms with E-state index >= 15 is 0 Å². The van der Waals surface area contributed by atoms with Crippen LogP contribution >= 0.6 is 11.6 Å². The van der Waals surface area contributed by atoms with Gasteiger partial charge in [-0.2, -0.15) is 9.97 Å². The Hall–Kier alpha value is -2.80. The van der Waals surface area contributed by atoms with Crippen molar-refractivity contribution in [3.63, 3.8) is 0 Å². The first kappa shape index (κ1) is 20.5. The van der Waals surface area contributed by atoms with Gasteiger partial charge in [-0.3, -0.25) is 0 Å². The van der Waals surface area contributed by atoms with E-state index in [0.717, 1.165) is 28.1 Å². The summed E-state index contributed by atoms with van der Waals surface area (Å²) in [6, 6.07) is 10.3. The minimum absolute atomic E-state index is 0.167. The Morgan fingerprint density at radius 2 is 1.70 bits per heavy atom. The number of nitrogens with zero attached hydrogens (tertiary/aromatic N) is 5. The predicted octanol–water partition coefficient (Wildman–Crippen LogP) is 4.39. The van der Waals surface area contributed by atoms with Crippen LogP contribution in [0.3, 0.4) is 0 Å². The smallest absolute Gasteiger partial charge is 0.407 e. The molecule has 1 fully saturated rings. The maximum Gasteiger partial charge on any atom is 0.407 e. The Morgan fingerprint density at radius 1 is 1.07 bits per heavy atom. The van der Waals surface area contributed by atoms with Crippen LogP contribution in [0.15, 0.2) is 30.3 Å². The monoisotopic (exact) mass is 427 g/mol. The number of hydrogen-bond donors (Lipinski definition) is 1. The Bertz CT molecular complexity index is 1100. The molecule has 0 saturated carbocycles. The summed E-state index contributed by atoms with van der Waals surface area (Å²) in [7, 11) is 2.01. The fourth-order valence-corrected chi connectivity index (χ4v) is 4.43. The third kappa shape index (κ3) is 3.47. The second kappa shape index (κ2) is 7.47. The fraction of sp³-hybridized carbons (Fsp3) is 0.409. The molecule has 158 valence electrons. The van der Waals surface area contributed by atoms with Crippen molar-refractivity contribution >= 4 is 34.5 Å². The number of carbonyl (C=O) groups is 1. The zero-order valence-electron chi connectivity index (χ0n) is 17.7. The van der Waals surface area contributed by atoms with Crippen molar-refractivity contribution < 1.29 is 9.90 Å². The van der Waals surface area contributed by atoms with Gasteiger partial charge in [0.2, 0.25) is 5.28 Å². The van der Waals surface area contributed by atoms with Gasteiger partial charge in [-0.25, -0.2) is 4.79 Å². The number of halogens is 1. The number of aryl methyl sites for hydroxylation is 1. The average Bonchev–Trinajstić information content (AvgIpc) is 3.01. The molecule has 2 aromatic heterocycles. The Labute approximate surface area is 180 Å². The van der Waals surface area contributed by atoms with Crippen molar-refractivity contribution in [1.82, 2.24) is 19.4 Å². The molecule has 30 heavy (non-hydrogen) atoms. The number of amides is 1. The molecule has 0 radical (unpaired) electrons. The highest BCUT2D eigenvalue weighted by atomic mass is 35.5. The lowest BCUT2D eigenvalue weighted by Crippen LogP contribution is -2.48. The van der Waals surface area contributed by atoms with Gasteiger partial charge in [-0.15, -0.1) is 0 Å². The molecule has 0 atom stereocenters. The second-order valence-electron chi connectivity index (χ2n) is 8.67. The van der Waals surface area contributed by atoms with Gasteiger partial charge < -0.3 is 19.5 Å². The quantitative estimate of drug-likeness (QED) is 0.614. The SMILES string of the molecule is Cn1c(-c2ccccc2)c(C(C)(C)C)c2c(N3CCN(C(=O)O)CC3)nc(Cl)nc21. The Morgan fingerprint density at radius 3 is 2.27 bits per heavy atom. The zero-order valence-corrected chi connectivity index (χ0v) is 18.4. The van der Waals surface area contributed by atoms with Crippen LogP contribution in [-0.2, 0) is 12.5 Å². The summed E-state index contributed by atoms with van der Waals surface area (Å²) in [6.45, 7) is 8.56. The Balaban J connectivity index is 1.96. The summed E-state index contributed by atoms with van der Waals surface area (Å²) in [5.41, 5.74) is 3.99. The number of anilines is 1. The first-order valence-electron chi connectivity index (χ1n) is 10.0. The van der Waals surface area contributed by atoms with Crippen LogP contribution in [0, 0.1) is 0 Å². The van der Waals surface area contributed by atoms with E-state index in [9.17, 15) is 9.90 Å². The van der Waals surface area contributed by atoms with Gasteiger partial charge in [-0.05, 0) is 28.1 Å². The molecule has 0 bridgehead atoms. The highest BCUT2D eigenvalue weighted by Gasteiger charge is 2.32. The van der Waals surface area contributed by atoms with Gasteiger partial charge >= 0.3 is 6.09 Å². The molecule has 1 aromatic carbocycles. The van der Waals surface area contributed by atoms with E-state index in [0.29, 0.717) is 26.2 Å². The molecule has 1 saturated heterocycles. The van der Waals surface area contributed by atoms with E-state index in [1.54, 1.807) is 0 Å². The van der Waals surface area contributed by atoms with Crippen LogP contribution in [0.25, 0.3) is 22.3 Å². The molecule has 8 heteroatoms. The number of aromatic nitrogens is 3. The fourth-order valence-electron chi connectivity index (χ4n) is 4.27. The van der Waals surface area contributed by atoms with Crippen LogP contribution < -0.4 is 4.90 Å². The van der Waals surface area contributed by atoms with Gasteiger partial charge in [0, 0.05) is 33.2 Å². The van der Waals surface area contributed by atoms with Crippen molar-refractivity contribution in [2.45, 2.75) is 26.2 Å². The lowest BCUT2D eigenvalue weighted by Gasteiger charge is -2.34. The van der Waals surface area contributed by atoms with Gasteiger partial charge in [0.1, 0.15) is 11.5 Å². The predicted molar refractivity (Wildman–Crippen MR) is 119 cm³/mol. The maximum absolute atomic E-state index is 11.3. The second-order valence-corrected chi connectivity index (χ2v) is 9.01. The molecule has 3 heterocycles. The summed E-state index contributed by atoms with van der Waals surface area (Å²) in [5.74, 6) is 0.776. The van der Waals surface area contributed by atoms with Crippen LogP contribution in [0.1, 0.15) is 26.3 Å². The van der Waals surface area contributed by atoms with E-state index in [1.807, 2.05) is 25.2 Å². The summed E-state index contributed by atoms with van der Waals surface area (Å²) in [5, 5.41) is 10.5. The van der Waals surface area contributed by atoms with E-state index < -0.39 is 6.09 Å². The molecule has 7 nitrogen and oxygen atoms in total. The summed E-state index contributed by atoms with van der Waals surface area (Å²) in [4.78, 5) is 24.1. The molecule has 0 spiro atoms. The van der Waals surface area contributed by atoms with Crippen molar-refractivity contribution in [2.24, 2.45) is 7.05 Å². The maximum atomic E-state index is 11.3.